The predicted molar refractivity (Wildman–Crippen MR) is 65.3 cm³/mol. The number of aryl methyl sites for hydroxylation is 1. The van der Waals surface area contributed by atoms with E-state index in [2.05, 4.69) is 0 Å². The highest BCUT2D eigenvalue weighted by atomic mass is 32.1. The monoisotopic (exact) mass is 232 g/mol. The third-order valence-electron chi connectivity index (χ3n) is 2.16. The maximum Gasteiger partial charge on any atom is 0.210 e. The third kappa shape index (κ3) is 2.70. The Morgan fingerprint density at radius 2 is 2.19 bits per heavy atom. The molecule has 1 heterocycles. The zero-order valence-corrected chi connectivity index (χ0v) is 9.79. The van der Waals surface area contributed by atoms with Crippen LogP contribution >= 0.6 is 11.3 Å². The normalized spacial score (nSPS) is 10.1. The van der Waals surface area contributed by atoms with Crippen LogP contribution < -0.4 is 4.74 Å². The van der Waals surface area contributed by atoms with Crippen molar-refractivity contribution in [1.29, 1.82) is 0 Å². The number of benzene rings is 1. The first-order valence-electron chi connectivity index (χ1n) is 5.02. The van der Waals surface area contributed by atoms with Crippen molar-refractivity contribution in [2.75, 3.05) is 6.61 Å². The van der Waals surface area contributed by atoms with E-state index in [1.165, 1.54) is 11.3 Å². The van der Waals surface area contributed by atoms with Gasteiger partial charge >= 0.3 is 0 Å². The number of carbonyl (C=O) groups excluding carboxylic acids is 1. The summed E-state index contributed by atoms with van der Waals surface area (Å²) in [5, 5.41) is 1.89. The second-order valence-electron chi connectivity index (χ2n) is 3.51. The Kier molecular flexibility index (Phi) is 3.37. The Balaban J connectivity index is 1.95. The molecule has 0 aliphatic rings. The minimum Gasteiger partial charge on any atom is -0.485 e. The van der Waals surface area contributed by atoms with Crippen molar-refractivity contribution in [2.45, 2.75) is 6.92 Å². The van der Waals surface area contributed by atoms with Gasteiger partial charge in [-0.2, -0.15) is 0 Å². The molecule has 1 aromatic carbocycles. The zero-order chi connectivity index (χ0) is 11.4. The number of Topliss-reactive ketones (excluding diaryl/α,β-unsaturated/α-hetero) is 1. The van der Waals surface area contributed by atoms with Gasteiger partial charge in [-0.25, -0.2) is 0 Å². The van der Waals surface area contributed by atoms with Crippen LogP contribution in [0.4, 0.5) is 0 Å². The summed E-state index contributed by atoms with van der Waals surface area (Å²) in [4.78, 5) is 12.4. The van der Waals surface area contributed by atoms with Gasteiger partial charge in [0.25, 0.3) is 0 Å². The summed E-state index contributed by atoms with van der Waals surface area (Å²) in [5.74, 6) is 0.765. The number of rotatable bonds is 4. The average Bonchev–Trinajstić information content (AvgIpc) is 2.79. The highest BCUT2D eigenvalue weighted by Gasteiger charge is 2.07. The van der Waals surface area contributed by atoms with Gasteiger partial charge in [0.1, 0.15) is 5.75 Å². The Labute approximate surface area is 98.5 Å². The van der Waals surface area contributed by atoms with Gasteiger partial charge in [0, 0.05) is 0 Å². The fraction of sp³-hybridized carbons (Fsp3) is 0.154. The largest absolute Gasteiger partial charge is 0.485 e. The Bertz CT molecular complexity index is 474. The van der Waals surface area contributed by atoms with Crippen molar-refractivity contribution in [3.63, 3.8) is 0 Å². The molecule has 16 heavy (non-hydrogen) atoms. The lowest BCUT2D eigenvalue weighted by Crippen LogP contribution is -2.09. The molecule has 0 radical (unpaired) electrons. The SMILES string of the molecule is Cc1cccc(OCC(=O)c2cccs2)c1. The first-order chi connectivity index (χ1) is 7.75. The number of carbonyl (C=O) groups is 1. The van der Waals surface area contributed by atoms with E-state index < -0.39 is 0 Å². The first kappa shape index (κ1) is 10.9. The lowest BCUT2D eigenvalue weighted by atomic mass is 10.2. The summed E-state index contributed by atoms with van der Waals surface area (Å²) in [7, 11) is 0. The number of hydrogen-bond donors (Lipinski definition) is 0. The van der Waals surface area contributed by atoms with E-state index in [1.54, 1.807) is 0 Å². The smallest absolute Gasteiger partial charge is 0.210 e. The van der Waals surface area contributed by atoms with Crippen molar-refractivity contribution in [3.8, 4) is 5.75 Å². The van der Waals surface area contributed by atoms with Crippen LogP contribution in [0.2, 0.25) is 0 Å². The van der Waals surface area contributed by atoms with Crippen molar-refractivity contribution in [3.05, 3.63) is 52.2 Å². The quantitative estimate of drug-likeness (QED) is 0.756. The van der Waals surface area contributed by atoms with Crippen molar-refractivity contribution in [1.82, 2.24) is 0 Å². The van der Waals surface area contributed by atoms with Gasteiger partial charge in [0.15, 0.2) is 6.61 Å². The molecular formula is C13H12O2S. The summed E-state index contributed by atoms with van der Waals surface area (Å²) in [6, 6.07) is 11.4. The molecule has 0 saturated carbocycles. The van der Waals surface area contributed by atoms with E-state index in [-0.39, 0.29) is 12.4 Å². The van der Waals surface area contributed by atoms with Gasteiger partial charge in [-0.1, -0.05) is 18.2 Å². The van der Waals surface area contributed by atoms with Crippen LogP contribution in [-0.4, -0.2) is 12.4 Å². The van der Waals surface area contributed by atoms with Crippen LogP contribution in [0, 0.1) is 6.92 Å². The Morgan fingerprint density at radius 1 is 1.31 bits per heavy atom. The zero-order valence-electron chi connectivity index (χ0n) is 8.97. The highest BCUT2D eigenvalue weighted by molar-refractivity contribution is 7.12. The second kappa shape index (κ2) is 4.94. The predicted octanol–water partition coefficient (Wildman–Crippen LogP) is 3.32. The molecule has 3 heteroatoms. The molecule has 0 aliphatic carbocycles. The summed E-state index contributed by atoms with van der Waals surface area (Å²) in [5.41, 5.74) is 1.13. The lowest BCUT2D eigenvalue weighted by molar-refractivity contribution is 0.0925. The molecule has 0 spiro atoms. The van der Waals surface area contributed by atoms with Crippen molar-refractivity contribution >= 4 is 17.1 Å². The van der Waals surface area contributed by atoms with Crippen molar-refractivity contribution in [2.24, 2.45) is 0 Å². The molecule has 0 unspecified atom stereocenters. The van der Waals surface area contributed by atoms with Gasteiger partial charge in [-0.15, -0.1) is 11.3 Å². The topological polar surface area (TPSA) is 26.3 Å². The second-order valence-corrected chi connectivity index (χ2v) is 4.45. The number of hydrogen-bond acceptors (Lipinski definition) is 3. The molecular weight excluding hydrogens is 220 g/mol. The molecule has 82 valence electrons. The molecule has 0 fully saturated rings. The third-order valence-corrected chi connectivity index (χ3v) is 3.07. The van der Waals surface area contributed by atoms with Crippen LogP contribution in [-0.2, 0) is 0 Å². The maximum absolute atomic E-state index is 11.6. The van der Waals surface area contributed by atoms with Crippen molar-refractivity contribution < 1.29 is 9.53 Å². The van der Waals surface area contributed by atoms with Crippen LogP contribution in [0.25, 0.3) is 0 Å². The molecule has 2 aromatic rings. The van der Waals surface area contributed by atoms with Gasteiger partial charge in [-0.05, 0) is 36.1 Å². The molecule has 0 aliphatic heterocycles. The average molecular weight is 232 g/mol. The summed E-state index contributed by atoms with van der Waals surface area (Å²) < 4.78 is 5.43. The van der Waals surface area contributed by atoms with E-state index >= 15 is 0 Å². The first-order valence-corrected chi connectivity index (χ1v) is 5.90. The molecule has 1 aromatic heterocycles. The fourth-order valence-electron chi connectivity index (χ4n) is 1.36. The lowest BCUT2D eigenvalue weighted by Gasteiger charge is -2.04. The summed E-state index contributed by atoms with van der Waals surface area (Å²) in [6.45, 7) is 2.10. The van der Waals surface area contributed by atoms with E-state index in [0.717, 1.165) is 16.2 Å². The molecule has 2 nitrogen and oxygen atoms in total. The molecule has 0 atom stereocenters. The number of ketones is 1. The number of ether oxygens (including phenoxy) is 1. The van der Waals surface area contributed by atoms with E-state index in [4.69, 9.17) is 4.74 Å². The summed E-state index contributed by atoms with van der Waals surface area (Å²) in [6.07, 6.45) is 0. The number of thiophene rings is 1. The van der Waals surface area contributed by atoms with E-state index in [0.29, 0.717) is 0 Å². The molecule has 2 rings (SSSR count). The molecule has 0 amide bonds. The molecule has 0 bridgehead atoms. The van der Waals surface area contributed by atoms with Crippen LogP contribution in [0.15, 0.2) is 41.8 Å². The summed E-state index contributed by atoms with van der Waals surface area (Å²) >= 11 is 1.44. The molecule has 0 saturated heterocycles. The van der Waals surface area contributed by atoms with E-state index in [9.17, 15) is 4.79 Å². The highest BCUT2D eigenvalue weighted by Crippen LogP contribution is 2.14. The van der Waals surface area contributed by atoms with Gasteiger partial charge in [-0.3, -0.25) is 4.79 Å². The van der Waals surface area contributed by atoms with Gasteiger partial charge in [0.05, 0.1) is 4.88 Å². The van der Waals surface area contributed by atoms with Gasteiger partial charge in [0.2, 0.25) is 5.78 Å². The fourth-order valence-corrected chi connectivity index (χ4v) is 2.01. The van der Waals surface area contributed by atoms with E-state index in [1.807, 2.05) is 48.7 Å². The van der Waals surface area contributed by atoms with Crippen LogP contribution in [0.5, 0.6) is 5.75 Å². The Hall–Kier alpha value is -1.61. The standard InChI is InChI=1S/C13H12O2S/c1-10-4-2-5-11(8-10)15-9-12(14)13-6-3-7-16-13/h2-8H,9H2,1H3. The maximum atomic E-state index is 11.6. The minimum absolute atomic E-state index is 0.0245. The molecule has 0 N–H and O–H groups in total. The van der Waals surface area contributed by atoms with Crippen LogP contribution in [0.3, 0.4) is 0 Å². The van der Waals surface area contributed by atoms with Crippen LogP contribution in [0.1, 0.15) is 15.2 Å². The van der Waals surface area contributed by atoms with Gasteiger partial charge < -0.3 is 4.74 Å². The Morgan fingerprint density at radius 3 is 2.88 bits per heavy atom. The minimum atomic E-state index is 0.0245.